The molecule has 0 spiro atoms. The van der Waals surface area contributed by atoms with E-state index in [0.29, 0.717) is 5.56 Å². The topological polar surface area (TPSA) is 46.0 Å². The van der Waals surface area contributed by atoms with Crippen LogP contribution in [0.25, 0.3) is 44.4 Å². The van der Waals surface area contributed by atoms with Crippen molar-refractivity contribution in [2.24, 2.45) is 0 Å². The Balaban J connectivity index is 0.000000268. The Kier molecular flexibility index (Phi) is 7.50. The summed E-state index contributed by atoms with van der Waals surface area (Å²) in [6.45, 7) is 9.90. The fourth-order valence-corrected chi connectivity index (χ4v) is 5.04. The molecule has 0 aliphatic carbocycles. The van der Waals surface area contributed by atoms with Crippen molar-refractivity contribution in [2.45, 2.75) is 34.6 Å². The van der Waals surface area contributed by atoms with Crippen molar-refractivity contribution < 1.29 is 32.1 Å². The van der Waals surface area contributed by atoms with E-state index in [-0.39, 0.29) is 61.6 Å². The summed E-state index contributed by atoms with van der Waals surface area (Å²) in [6.07, 6.45) is 3.49. The van der Waals surface area contributed by atoms with E-state index in [4.69, 9.17) is 6.85 Å². The molecule has 0 unspecified atom stereocenters. The maximum absolute atomic E-state index is 9.61. The molecule has 0 aliphatic rings. The number of phenols is 1. The van der Waals surface area contributed by atoms with Gasteiger partial charge in [-0.15, -0.1) is 34.9 Å². The summed E-state index contributed by atoms with van der Waals surface area (Å²) in [5, 5.41) is 11.5. The predicted molar refractivity (Wildman–Crippen MR) is 166 cm³/mol. The van der Waals surface area contributed by atoms with Gasteiger partial charge in [0.05, 0.1) is 12.5 Å². The van der Waals surface area contributed by atoms with Crippen LogP contribution < -0.4 is 0 Å². The van der Waals surface area contributed by atoms with E-state index >= 15 is 0 Å². The third kappa shape index (κ3) is 6.62. The first-order valence-electron chi connectivity index (χ1n) is 15.6. The van der Waals surface area contributed by atoms with Gasteiger partial charge in [0, 0.05) is 38.1 Å². The summed E-state index contributed by atoms with van der Waals surface area (Å²) in [7, 11) is 0. The van der Waals surface area contributed by atoms with Crippen LogP contribution in [0.2, 0.25) is 0 Å². The molecule has 2 heterocycles. The minimum Gasteiger partial charge on any atom is -0.507 e. The van der Waals surface area contributed by atoms with Crippen LogP contribution in [-0.2, 0) is 20.1 Å². The molecule has 2 aromatic heterocycles. The van der Waals surface area contributed by atoms with Gasteiger partial charge in [0.25, 0.3) is 0 Å². The predicted octanol–water partition coefficient (Wildman–Crippen LogP) is 9.36. The molecule has 1 N–H and O–H groups in total. The number of hydrogen-bond acceptors (Lipinski definition) is 3. The van der Waals surface area contributed by atoms with Crippen LogP contribution in [0, 0.1) is 40.7 Å². The number of nitrogens with zero attached hydrogens (tertiary/aromatic N) is 2. The van der Waals surface area contributed by atoms with Crippen LogP contribution in [0.4, 0.5) is 0 Å². The van der Waals surface area contributed by atoms with E-state index in [1.165, 1.54) is 0 Å². The van der Waals surface area contributed by atoms with Crippen LogP contribution in [0.5, 0.6) is 5.75 Å². The summed E-state index contributed by atoms with van der Waals surface area (Å²) in [4.78, 5) is 8.84. The van der Waals surface area contributed by atoms with Crippen molar-refractivity contribution in [3.8, 4) is 39.4 Å². The number of aryl methyl sites for hydroxylation is 5. The van der Waals surface area contributed by atoms with E-state index in [0.717, 1.165) is 61.1 Å². The van der Waals surface area contributed by atoms with Crippen LogP contribution >= 0.6 is 0 Å². The number of aromatic hydroxyl groups is 1. The van der Waals surface area contributed by atoms with Crippen LogP contribution in [0.15, 0.2) is 103 Å². The standard InChI is InChI=1S/C25H22N.C12H11NO.Ir/c1-16-12-17(2)14-21(13-16)25-23-15-18(3)24(20-8-6-5-7-9-20)19(4)22(23)10-11-26-25;1-9-6-7-13-11(8-9)10-4-2-3-5-12(10)14;/h5-13,15H,1-4H3;2-8,14H,1H3;/q-1;;/i5D,6D,7D,8D,9D;;. The van der Waals surface area contributed by atoms with Crippen molar-refractivity contribution in [2.75, 3.05) is 0 Å². The number of fused-ring (bicyclic) bond motifs is 1. The second-order valence-corrected chi connectivity index (χ2v) is 9.94. The average Bonchev–Trinajstić information content (AvgIpc) is 3.00. The molecule has 6 aromatic rings. The molecule has 0 atom stereocenters. The number of aromatic nitrogens is 2. The number of pyridine rings is 2. The summed E-state index contributed by atoms with van der Waals surface area (Å²) in [5.41, 5.74) is 9.24. The minimum absolute atomic E-state index is 0. The SMILES string of the molecule is Cc1ccnc(-c2ccccc2O)c1.[2H]c1c([2H])c([2H])c(-c2c(C)cc3c(-c4[c-]c(C)cc(C)c4)nccc3c2C)c([2H])c1[2H].[Ir]. The first kappa shape index (κ1) is 23.6. The Labute approximate surface area is 263 Å². The second kappa shape index (κ2) is 13.0. The zero-order valence-corrected chi connectivity index (χ0v) is 26.0. The van der Waals surface area contributed by atoms with Crippen molar-refractivity contribution in [3.05, 3.63) is 137 Å². The van der Waals surface area contributed by atoms with Crippen molar-refractivity contribution in [3.63, 3.8) is 0 Å². The van der Waals surface area contributed by atoms with Gasteiger partial charge in [-0.1, -0.05) is 62.3 Å². The Morgan fingerprint density at radius 2 is 1.49 bits per heavy atom. The van der Waals surface area contributed by atoms with Gasteiger partial charge >= 0.3 is 0 Å². The summed E-state index contributed by atoms with van der Waals surface area (Å²) in [6, 6.07) is 21.1. The van der Waals surface area contributed by atoms with Gasteiger partial charge in [-0.2, -0.15) is 0 Å². The minimum atomic E-state index is -0.383. The Bertz CT molecular complexity index is 2050. The fraction of sp³-hybridized carbons (Fsp3) is 0.135. The third-order valence-electron chi connectivity index (χ3n) is 6.77. The van der Waals surface area contributed by atoms with Crippen molar-refractivity contribution >= 4 is 10.8 Å². The second-order valence-electron chi connectivity index (χ2n) is 9.94. The molecule has 0 fully saturated rings. The van der Waals surface area contributed by atoms with Gasteiger partial charge in [0.15, 0.2) is 0 Å². The number of hydrogen-bond donors (Lipinski definition) is 1. The van der Waals surface area contributed by atoms with Gasteiger partial charge in [0.1, 0.15) is 5.75 Å². The zero-order chi connectivity index (χ0) is 32.6. The van der Waals surface area contributed by atoms with E-state index in [1.54, 1.807) is 24.5 Å². The summed E-state index contributed by atoms with van der Waals surface area (Å²) < 4.78 is 40.8. The molecule has 0 bridgehead atoms. The molecule has 1 radical (unpaired) electrons. The Morgan fingerprint density at radius 1 is 0.756 bits per heavy atom. The van der Waals surface area contributed by atoms with Crippen LogP contribution in [0.3, 0.4) is 0 Å². The van der Waals surface area contributed by atoms with E-state index in [1.807, 2.05) is 71.0 Å². The van der Waals surface area contributed by atoms with E-state index < -0.39 is 0 Å². The average molecular weight is 719 g/mol. The van der Waals surface area contributed by atoms with Crippen LogP contribution in [-0.4, -0.2) is 15.1 Å². The Hall–Kier alpha value is -4.11. The van der Waals surface area contributed by atoms with Gasteiger partial charge < -0.3 is 10.1 Å². The monoisotopic (exact) mass is 719 g/mol. The molecular weight excluding hydrogens is 681 g/mol. The number of benzene rings is 4. The van der Waals surface area contributed by atoms with Crippen molar-refractivity contribution in [1.29, 1.82) is 0 Å². The largest absolute Gasteiger partial charge is 0.507 e. The zero-order valence-electron chi connectivity index (χ0n) is 28.6. The molecule has 4 aromatic carbocycles. The number of phenolic OH excluding ortho intramolecular Hbond substituents is 1. The first-order chi connectivity index (χ1) is 21.4. The molecule has 0 saturated carbocycles. The van der Waals surface area contributed by atoms with Crippen molar-refractivity contribution in [1.82, 2.24) is 9.97 Å². The van der Waals surface area contributed by atoms with Gasteiger partial charge in [-0.05, 0) is 95.4 Å². The molecule has 0 saturated heterocycles. The maximum atomic E-state index is 9.61. The molecule has 0 aliphatic heterocycles. The number of rotatable bonds is 3. The third-order valence-corrected chi connectivity index (χ3v) is 6.77. The van der Waals surface area contributed by atoms with Gasteiger partial charge in [-0.3, -0.25) is 4.98 Å². The number of para-hydroxylation sites is 1. The molecule has 6 rings (SSSR count). The molecule has 207 valence electrons. The quantitative estimate of drug-likeness (QED) is 0.186. The van der Waals surface area contributed by atoms with E-state index in [2.05, 4.69) is 28.2 Å². The molecular formula is C37H33IrN2O-. The molecule has 4 heteroatoms. The molecule has 3 nitrogen and oxygen atoms in total. The molecule has 0 amide bonds. The van der Waals surface area contributed by atoms with E-state index in [9.17, 15) is 5.11 Å². The van der Waals surface area contributed by atoms with Gasteiger partial charge in [0.2, 0.25) is 0 Å². The Morgan fingerprint density at radius 3 is 2.20 bits per heavy atom. The summed E-state index contributed by atoms with van der Waals surface area (Å²) >= 11 is 0. The van der Waals surface area contributed by atoms with Crippen LogP contribution in [0.1, 0.15) is 34.7 Å². The summed E-state index contributed by atoms with van der Waals surface area (Å²) in [5.74, 6) is 0.269. The maximum Gasteiger partial charge on any atom is 0.124 e. The fourth-order valence-electron chi connectivity index (χ4n) is 5.04. The first-order valence-corrected chi connectivity index (χ1v) is 13.1. The normalized spacial score (nSPS) is 12.2. The smallest absolute Gasteiger partial charge is 0.124 e. The van der Waals surface area contributed by atoms with Gasteiger partial charge in [-0.25, -0.2) is 0 Å². The molecule has 41 heavy (non-hydrogen) atoms.